The van der Waals surface area contributed by atoms with Gasteiger partial charge in [0, 0.05) is 19.5 Å². The van der Waals surface area contributed by atoms with Crippen LogP contribution in [-0.2, 0) is 23.9 Å². The number of hydrogen-bond donors (Lipinski definition) is 1. The van der Waals surface area contributed by atoms with Gasteiger partial charge in [-0.3, -0.25) is 14.4 Å². The van der Waals surface area contributed by atoms with Crippen LogP contribution in [0.15, 0.2) is 34.5 Å². The molecule has 2 rings (SSSR count). The Bertz CT molecular complexity index is 744. The zero-order chi connectivity index (χ0) is 20.4. The fraction of sp³-hybridized carbons (Fsp3) is 0.389. The summed E-state index contributed by atoms with van der Waals surface area (Å²) in [5.41, 5.74) is 1.73. The van der Waals surface area contributed by atoms with Gasteiger partial charge in [-0.25, -0.2) is 0 Å². The first-order chi connectivity index (χ1) is 13.4. The third-order valence-corrected chi connectivity index (χ3v) is 4.40. The summed E-state index contributed by atoms with van der Waals surface area (Å²) in [6.07, 6.45) is 1.59. The van der Waals surface area contributed by atoms with E-state index in [0.717, 1.165) is 11.3 Å². The maximum atomic E-state index is 11.1. The molecule has 1 aromatic rings. The molecule has 0 aliphatic carbocycles. The number of esters is 2. The Kier molecular flexibility index (Phi) is 8.47. The first-order valence-corrected chi connectivity index (χ1v) is 9.58. The zero-order valence-electron chi connectivity index (χ0n) is 15.7. The van der Waals surface area contributed by atoms with Crippen molar-refractivity contribution in [1.82, 2.24) is 5.32 Å². The average molecular weight is 406 g/mol. The first kappa shape index (κ1) is 21.4. The van der Waals surface area contributed by atoms with E-state index in [9.17, 15) is 14.4 Å². The minimum atomic E-state index is -0.343. The van der Waals surface area contributed by atoms with Crippen LogP contribution in [0.3, 0.4) is 0 Å². The normalized spacial score (nSPS) is 14.9. The van der Waals surface area contributed by atoms with Gasteiger partial charge < -0.3 is 19.7 Å². The largest absolute Gasteiger partial charge is 0.464 e. The molecule has 28 heavy (non-hydrogen) atoms. The number of nitrogens with one attached hydrogen (secondary N) is 1. The third kappa shape index (κ3) is 7.78. The molecule has 10 heteroatoms. The van der Waals surface area contributed by atoms with E-state index >= 15 is 0 Å². The van der Waals surface area contributed by atoms with Gasteiger partial charge in [0.25, 0.3) is 0 Å². The molecular weight excluding hydrogens is 384 g/mol. The van der Waals surface area contributed by atoms with Crippen LogP contribution in [0.2, 0.25) is 0 Å². The highest BCUT2D eigenvalue weighted by atomic mass is 32.2. The van der Waals surface area contributed by atoms with E-state index in [-0.39, 0.29) is 31.1 Å². The third-order valence-electron chi connectivity index (χ3n) is 3.53. The van der Waals surface area contributed by atoms with E-state index in [1.807, 2.05) is 29.2 Å². The highest BCUT2D eigenvalue weighted by Crippen LogP contribution is 2.15. The van der Waals surface area contributed by atoms with Crippen molar-refractivity contribution in [2.75, 3.05) is 37.0 Å². The summed E-state index contributed by atoms with van der Waals surface area (Å²) in [5.74, 6) is -0.403. The van der Waals surface area contributed by atoms with Crippen molar-refractivity contribution < 1.29 is 23.9 Å². The van der Waals surface area contributed by atoms with Crippen LogP contribution >= 0.6 is 11.8 Å². The molecular formula is C18H22N4O5S. The molecule has 0 saturated carbocycles. The summed E-state index contributed by atoms with van der Waals surface area (Å²) in [4.78, 5) is 35.0. The lowest BCUT2D eigenvalue weighted by Gasteiger charge is -2.24. The van der Waals surface area contributed by atoms with Crippen LogP contribution in [0.5, 0.6) is 0 Å². The fourth-order valence-corrected chi connectivity index (χ4v) is 2.90. The van der Waals surface area contributed by atoms with Crippen LogP contribution in [-0.4, -0.2) is 61.3 Å². The Balaban J connectivity index is 1.96. The topological polar surface area (TPSA) is 110 Å². The summed E-state index contributed by atoms with van der Waals surface area (Å²) < 4.78 is 10.00. The van der Waals surface area contributed by atoms with E-state index in [1.54, 1.807) is 6.21 Å². The molecule has 0 unspecified atom stereocenters. The number of carbonyl (C=O) groups is 3. The summed E-state index contributed by atoms with van der Waals surface area (Å²) in [5, 5.41) is 11.0. The predicted octanol–water partition coefficient (Wildman–Crippen LogP) is 1.17. The minimum Gasteiger partial charge on any atom is -0.464 e. The van der Waals surface area contributed by atoms with Gasteiger partial charge >= 0.3 is 11.9 Å². The number of anilines is 1. The quantitative estimate of drug-likeness (QED) is 0.372. The number of nitrogens with zero attached hydrogens (tertiary/aromatic N) is 3. The smallest absolute Gasteiger partial charge is 0.302 e. The molecule has 0 aromatic heterocycles. The van der Waals surface area contributed by atoms with Gasteiger partial charge in [-0.05, 0) is 17.7 Å². The van der Waals surface area contributed by atoms with E-state index in [2.05, 4.69) is 15.5 Å². The molecule has 0 radical (unpaired) electrons. The van der Waals surface area contributed by atoms with Gasteiger partial charge in [-0.1, -0.05) is 23.9 Å². The molecule has 0 spiro atoms. The summed E-state index contributed by atoms with van der Waals surface area (Å²) in [7, 11) is 0. The van der Waals surface area contributed by atoms with Crippen molar-refractivity contribution in [3.63, 3.8) is 0 Å². The maximum Gasteiger partial charge on any atom is 0.302 e. The van der Waals surface area contributed by atoms with E-state index in [4.69, 9.17) is 9.47 Å². The predicted molar refractivity (Wildman–Crippen MR) is 108 cm³/mol. The molecule has 150 valence electrons. The number of thioether (sulfide) groups is 1. The van der Waals surface area contributed by atoms with Crippen LogP contribution in [0.25, 0.3) is 0 Å². The highest BCUT2D eigenvalue weighted by molar-refractivity contribution is 8.15. The second-order valence-corrected chi connectivity index (χ2v) is 6.71. The molecule has 1 fully saturated rings. The number of benzene rings is 1. The summed E-state index contributed by atoms with van der Waals surface area (Å²) in [6, 6.07) is 7.51. The Labute approximate surface area is 167 Å². The number of amidine groups is 1. The van der Waals surface area contributed by atoms with Crippen molar-refractivity contribution in [2.45, 2.75) is 13.8 Å². The molecule has 1 aromatic carbocycles. The monoisotopic (exact) mass is 406 g/mol. The average Bonchev–Trinajstić information content (AvgIpc) is 3.06. The molecule has 1 aliphatic heterocycles. The van der Waals surface area contributed by atoms with Crippen LogP contribution < -0.4 is 10.2 Å². The Hall–Kier alpha value is -2.88. The summed E-state index contributed by atoms with van der Waals surface area (Å²) in [6.45, 7) is 4.13. The van der Waals surface area contributed by atoms with Crippen molar-refractivity contribution in [2.24, 2.45) is 10.2 Å². The standard InChI is InChI=1S/C18H22N4O5S/c1-13(23)26-9-7-22(8-10-27-14(2)24)16-5-3-15(4-6-16)11-19-21-18-20-17(25)12-28-18/h3-6,11H,7-10,12H2,1-2H3,(H,20,21,25). The molecule has 1 saturated heterocycles. The summed E-state index contributed by atoms with van der Waals surface area (Å²) >= 11 is 1.31. The number of hydrogen-bond acceptors (Lipinski definition) is 9. The van der Waals surface area contributed by atoms with Crippen LogP contribution in [0.4, 0.5) is 5.69 Å². The molecule has 0 atom stereocenters. The Morgan fingerprint density at radius 1 is 1.14 bits per heavy atom. The molecule has 1 aliphatic rings. The second-order valence-electron chi connectivity index (χ2n) is 5.75. The molecule has 1 N–H and O–H groups in total. The zero-order valence-corrected chi connectivity index (χ0v) is 16.5. The Morgan fingerprint density at radius 3 is 2.25 bits per heavy atom. The van der Waals surface area contributed by atoms with Crippen molar-refractivity contribution in [1.29, 1.82) is 0 Å². The number of amides is 1. The van der Waals surface area contributed by atoms with Gasteiger partial charge in [-0.15, -0.1) is 5.10 Å². The van der Waals surface area contributed by atoms with Crippen LogP contribution in [0.1, 0.15) is 19.4 Å². The lowest BCUT2D eigenvalue weighted by Crippen LogP contribution is -2.31. The van der Waals surface area contributed by atoms with Gasteiger partial charge in [0.15, 0.2) is 5.17 Å². The van der Waals surface area contributed by atoms with Crippen LogP contribution in [0, 0.1) is 0 Å². The van der Waals surface area contributed by atoms with Gasteiger partial charge in [0.05, 0.1) is 25.1 Å². The second kappa shape index (κ2) is 11.1. The van der Waals surface area contributed by atoms with Crippen molar-refractivity contribution >= 4 is 46.7 Å². The Morgan fingerprint density at radius 2 is 1.75 bits per heavy atom. The number of carbonyl (C=O) groups excluding carboxylic acids is 3. The van der Waals surface area contributed by atoms with E-state index in [0.29, 0.717) is 24.0 Å². The van der Waals surface area contributed by atoms with Gasteiger partial charge in [0.2, 0.25) is 5.91 Å². The van der Waals surface area contributed by atoms with Gasteiger partial charge in [-0.2, -0.15) is 5.10 Å². The highest BCUT2D eigenvalue weighted by Gasteiger charge is 2.15. The SMILES string of the molecule is CC(=O)OCCN(CCOC(C)=O)c1ccc(C=NN=C2NC(=O)CS2)cc1. The molecule has 1 heterocycles. The lowest BCUT2D eigenvalue weighted by atomic mass is 10.2. The molecule has 1 amide bonds. The first-order valence-electron chi connectivity index (χ1n) is 8.59. The lowest BCUT2D eigenvalue weighted by molar-refractivity contribution is -0.141. The fourth-order valence-electron chi connectivity index (χ4n) is 2.27. The van der Waals surface area contributed by atoms with E-state index in [1.165, 1.54) is 25.6 Å². The minimum absolute atomic E-state index is 0.0779. The van der Waals surface area contributed by atoms with Crippen molar-refractivity contribution in [3.05, 3.63) is 29.8 Å². The van der Waals surface area contributed by atoms with Gasteiger partial charge in [0.1, 0.15) is 13.2 Å². The van der Waals surface area contributed by atoms with Crippen molar-refractivity contribution in [3.8, 4) is 0 Å². The number of rotatable bonds is 9. The van der Waals surface area contributed by atoms with E-state index < -0.39 is 0 Å². The maximum absolute atomic E-state index is 11.1. The molecule has 0 bridgehead atoms. The number of ether oxygens (including phenoxy) is 2. The molecule has 9 nitrogen and oxygen atoms in total.